The third-order valence-electron chi connectivity index (χ3n) is 1.78. The fourth-order valence-corrected chi connectivity index (χ4v) is 1.95. The minimum absolute atomic E-state index is 0.841. The molecule has 0 aliphatic rings. The highest BCUT2D eigenvalue weighted by Gasteiger charge is 2.09. The summed E-state index contributed by atoms with van der Waals surface area (Å²) in [6.07, 6.45) is 3.41. The highest BCUT2D eigenvalue weighted by molar-refractivity contribution is 7.91. The van der Waals surface area contributed by atoms with Crippen molar-refractivity contribution in [1.29, 1.82) is 0 Å². The van der Waals surface area contributed by atoms with Crippen LogP contribution in [0.5, 0.6) is 0 Å². The van der Waals surface area contributed by atoms with Gasteiger partial charge in [0, 0.05) is 17.6 Å². The number of rotatable bonds is 1. The quantitative estimate of drug-likeness (QED) is 0.663. The van der Waals surface area contributed by atoms with Crippen LogP contribution >= 0.6 is 0 Å². The van der Waals surface area contributed by atoms with Gasteiger partial charge in [0.25, 0.3) is 0 Å². The van der Waals surface area contributed by atoms with Gasteiger partial charge in [0.1, 0.15) is 11.8 Å². The Morgan fingerprint density at radius 3 is 3.08 bits per heavy atom. The molecule has 0 saturated heterocycles. The molecule has 0 fully saturated rings. The lowest BCUT2D eigenvalue weighted by Gasteiger charge is -2.04. The number of H-pyrrole nitrogens is 1. The normalized spacial score (nSPS) is 13.5. The molecule has 1 heterocycles. The standard InChI is InChI=1S/C9H8NOS/c1-12(11)8-4-2-3-7-5-6-10-9(7)8/h2-4,6,10H,1H3. The van der Waals surface area contributed by atoms with Crippen molar-refractivity contribution in [3.8, 4) is 0 Å². The summed E-state index contributed by atoms with van der Waals surface area (Å²) >= 11 is -0.933. The van der Waals surface area contributed by atoms with Crippen LogP contribution in [-0.2, 0) is 11.2 Å². The van der Waals surface area contributed by atoms with E-state index in [4.69, 9.17) is 0 Å². The van der Waals surface area contributed by atoms with Gasteiger partial charge in [0.15, 0.2) is 4.90 Å². The molecule has 1 aromatic heterocycles. The monoisotopic (exact) mass is 178 g/mol. The van der Waals surface area contributed by atoms with Crippen LogP contribution < -0.4 is 0 Å². The maximum atomic E-state index is 11.2. The van der Waals surface area contributed by atoms with E-state index in [2.05, 4.69) is 11.1 Å². The zero-order chi connectivity index (χ0) is 8.55. The Balaban J connectivity index is 2.73. The maximum Gasteiger partial charge on any atom is 0.176 e. The first-order valence-corrected chi connectivity index (χ1v) is 5.16. The molecule has 2 aromatic rings. The Morgan fingerprint density at radius 1 is 1.50 bits per heavy atom. The first kappa shape index (κ1) is 7.71. The van der Waals surface area contributed by atoms with Crippen LogP contribution in [0.2, 0.25) is 0 Å². The van der Waals surface area contributed by atoms with E-state index in [1.54, 1.807) is 12.5 Å². The van der Waals surface area contributed by atoms with E-state index in [0.717, 1.165) is 15.8 Å². The molecule has 1 radical (unpaired) electrons. The van der Waals surface area contributed by atoms with E-state index in [0.29, 0.717) is 0 Å². The summed E-state index contributed by atoms with van der Waals surface area (Å²) in [6.45, 7) is 0. The molecular weight excluding hydrogens is 170 g/mol. The number of aromatic amines is 1. The number of hydrogen-bond donors (Lipinski definition) is 1. The number of para-hydroxylation sites is 1. The topological polar surface area (TPSA) is 38.8 Å². The van der Waals surface area contributed by atoms with Gasteiger partial charge in [-0.05, 0) is 17.2 Å². The molecule has 3 heteroatoms. The molecule has 0 amide bonds. The van der Waals surface area contributed by atoms with Crippen molar-refractivity contribution in [3.63, 3.8) is 0 Å². The summed E-state index contributed by atoms with van der Waals surface area (Å²) in [5, 5.41) is 0.989. The van der Waals surface area contributed by atoms with Crippen molar-refractivity contribution in [2.45, 2.75) is 4.90 Å². The Hall–Kier alpha value is -0.930. The van der Waals surface area contributed by atoms with E-state index < -0.39 is 11.2 Å². The Labute approximate surface area is 73.8 Å². The van der Waals surface area contributed by atoms with Crippen LogP contribution in [-0.4, -0.2) is 15.8 Å². The molecule has 61 valence electrons. The molecule has 0 aliphatic carbocycles. The van der Waals surface area contributed by atoms with Gasteiger partial charge < -0.3 is 9.54 Å². The number of aromatic nitrogens is 1. The molecule has 1 unspecified atom stereocenters. The van der Waals surface area contributed by atoms with E-state index in [-0.39, 0.29) is 0 Å². The summed E-state index contributed by atoms with van der Waals surface area (Å²) in [6, 6.07) is 8.73. The number of hydrogen-bond acceptors (Lipinski definition) is 1. The van der Waals surface area contributed by atoms with Crippen LogP contribution in [0.15, 0.2) is 29.3 Å². The SMILES string of the molecule is C[S+]([O-])c1cccc2[c]c[nH]c12. The third kappa shape index (κ3) is 1.11. The first-order chi connectivity index (χ1) is 5.79. The molecule has 12 heavy (non-hydrogen) atoms. The molecular formula is C9H8NOS. The lowest BCUT2D eigenvalue weighted by Crippen LogP contribution is -1.97. The fraction of sp³-hybridized carbons (Fsp3) is 0.111. The molecule has 2 rings (SSSR count). The van der Waals surface area contributed by atoms with Crippen molar-refractivity contribution < 1.29 is 4.55 Å². The molecule has 0 spiro atoms. The van der Waals surface area contributed by atoms with Crippen LogP contribution in [0, 0.1) is 6.07 Å². The van der Waals surface area contributed by atoms with Crippen LogP contribution in [0.3, 0.4) is 0 Å². The van der Waals surface area contributed by atoms with Crippen LogP contribution in [0.1, 0.15) is 0 Å². The highest BCUT2D eigenvalue weighted by Crippen LogP contribution is 2.20. The van der Waals surface area contributed by atoms with Gasteiger partial charge in [-0.15, -0.1) is 0 Å². The lowest BCUT2D eigenvalue weighted by atomic mass is 10.2. The van der Waals surface area contributed by atoms with Crippen molar-refractivity contribution in [2.24, 2.45) is 0 Å². The summed E-state index contributed by atoms with van der Waals surface area (Å²) in [4.78, 5) is 3.86. The Bertz CT molecular complexity index is 394. The van der Waals surface area contributed by atoms with Gasteiger partial charge >= 0.3 is 0 Å². The van der Waals surface area contributed by atoms with Crippen LogP contribution in [0.4, 0.5) is 0 Å². The molecule has 0 aliphatic heterocycles. The van der Waals surface area contributed by atoms with Crippen LogP contribution in [0.25, 0.3) is 10.9 Å². The minimum atomic E-state index is -0.933. The van der Waals surface area contributed by atoms with Gasteiger partial charge in [-0.3, -0.25) is 0 Å². The molecule has 1 aromatic carbocycles. The van der Waals surface area contributed by atoms with E-state index in [1.165, 1.54) is 0 Å². The molecule has 1 N–H and O–H groups in total. The Morgan fingerprint density at radius 2 is 2.33 bits per heavy atom. The van der Waals surface area contributed by atoms with E-state index in [1.807, 2.05) is 18.2 Å². The van der Waals surface area contributed by atoms with E-state index >= 15 is 0 Å². The average molecular weight is 178 g/mol. The summed E-state index contributed by atoms with van der Waals surface area (Å²) in [5.41, 5.74) is 0.929. The van der Waals surface area contributed by atoms with Gasteiger partial charge in [-0.2, -0.15) is 0 Å². The highest BCUT2D eigenvalue weighted by atomic mass is 32.2. The maximum absolute atomic E-state index is 11.2. The molecule has 1 atom stereocenters. The smallest absolute Gasteiger partial charge is 0.176 e. The third-order valence-corrected chi connectivity index (χ3v) is 2.74. The largest absolute Gasteiger partial charge is 0.612 e. The fourth-order valence-electron chi connectivity index (χ4n) is 1.23. The first-order valence-electron chi connectivity index (χ1n) is 3.60. The van der Waals surface area contributed by atoms with Crippen molar-refractivity contribution in [1.82, 2.24) is 4.98 Å². The van der Waals surface area contributed by atoms with Gasteiger partial charge in [-0.25, -0.2) is 0 Å². The number of nitrogens with one attached hydrogen (secondary N) is 1. The predicted octanol–water partition coefficient (Wildman–Crippen LogP) is 1.71. The molecule has 0 saturated carbocycles. The van der Waals surface area contributed by atoms with Gasteiger partial charge in [0.2, 0.25) is 0 Å². The number of benzene rings is 1. The van der Waals surface area contributed by atoms with Gasteiger partial charge in [-0.1, -0.05) is 12.1 Å². The summed E-state index contributed by atoms with van der Waals surface area (Å²) in [7, 11) is 0. The van der Waals surface area contributed by atoms with Crippen molar-refractivity contribution >= 4 is 22.1 Å². The second-order valence-electron chi connectivity index (χ2n) is 2.57. The zero-order valence-corrected chi connectivity index (χ0v) is 7.44. The lowest BCUT2D eigenvalue weighted by molar-refractivity contribution is 0.601. The van der Waals surface area contributed by atoms with Crippen molar-refractivity contribution in [3.05, 3.63) is 30.5 Å². The second-order valence-corrected chi connectivity index (χ2v) is 3.91. The molecule has 2 nitrogen and oxygen atoms in total. The summed E-state index contributed by atoms with van der Waals surface area (Å²) in [5.74, 6) is 0. The number of fused-ring (bicyclic) bond motifs is 1. The predicted molar refractivity (Wildman–Crippen MR) is 49.5 cm³/mol. The molecule has 0 bridgehead atoms. The average Bonchev–Trinajstić information content (AvgIpc) is 2.49. The minimum Gasteiger partial charge on any atom is -0.612 e. The summed E-state index contributed by atoms with van der Waals surface area (Å²) < 4.78 is 11.2. The Kier molecular flexibility index (Phi) is 1.83. The van der Waals surface area contributed by atoms with Crippen molar-refractivity contribution in [2.75, 3.05) is 6.26 Å². The zero-order valence-electron chi connectivity index (χ0n) is 6.63. The van der Waals surface area contributed by atoms with E-state index in [9.17, 15) is 4.55 Å². The second kappa shape index (κ2) is 2.84. The van der Waals surface area contributed by atoms with Gasteiger partial charge in [0.05, 0.1) is 0 Å².